The molecule has 0 heterocycles. The van der Waals surface area contributed by atoms with Crippen molar-refractivity contribution in [2.75, 3.05) is 26.2 Å². The van der Waals surface area contributed by atoms with Gasteiger partial charge in [-0.15, -0.1) is 0 Å². The zero-order chi connectivity index (χ0) is 13.3. The molecule has 0 aliphatic rings. The summed E-state index contributed by atoms with van der Waals surface area (Å²) >= 11 is 0. The largest absolute Gasteiger partial charge is 0.342 e. The van der Waals surface area contributed by atoms with Crippen LogP contribution in [0.4, 0.5) is 0 Å². The Balaban J connectivity index is 3.90. The number of nitriles is 1. The fraction of sp³-hybridized carbons (Fsp3) is 0.846. The van der Waals surface area contributed by atoms with Crippen LogP contribution in [-0.4, -0.2) is 37.0 Å². The highest BCUT2D eigenvalue weighted by molar-refractivity contribution is 5.78. The molecule has 0 aliphatic carbocycles. The maximum atomic E-state index is 11.7. The van der Waals surface area contributed by atoms with Crippen LogP contribution in [0.5, 0.6) is 0 Å². The maximum Gasteiger partial charge on any atom is 0.236 e. The van der Waals surface area contributed by atoms with Gasteiger partial charge in [-0.3, -0.25) is 4.79 Å². The van der Waals surface area contributed by atoms with Crippen LogP contribution < -0.4 is 5.32 Å². The number of nitrogens with one attached hydrogen (secondary N) is 1. The smallest absolute Gasteiger partial charge is 0.236 e. The number of likely N-dealkylation sites (N-methyl/N-ethyl adjacent to an activating group) is 1. The third-order valence-electron chi connectivity index (χ3n) is 2.91. The number of carbonyl (C=O) groups is 1. The molecule has 0 spiro atoms. The first-order chi connectivity index (χ1) is 7.96. The SMILES string of the molecule is CCN(CC)C(=O)CNCC(C)(C)CCC#N. The van der Waals surface area contributed by atoms with Gasteiger partial charge < -0.3 is 10.2 Å². The highest BCUT2D eigenvalue weighted by Crippen LogP contribution is 2.20. The Morgan fingerprint density at radius 3 is 2.41 bits per heavy atom. The summed E-state index contributed by atoms with van der Waals surface area (Å²) in [5, 5.41) is 11.7. The van der Waals surface area contributed by atoms with E-state index in [4.69, 9.17) is 5.26 Å². The van der Waals surface area contributed by atoms with Gasteiger partial charge in [0.15, 0.2) is 0 Å². The van der Waals surface area contributed by atoms with Gasteiger partial charge in [0.05, 0.1) is 12.6 Å². The number of hydrogen-bond donors (Lipinski definition) is 1. The lowest BCUT2D eigenvalue weighted by Gasteiger charge is -2.25. The van der Waals surface area contributed by atoms with E-state index < -0.39 is 0 Å². The summed E-state index contributed by atoms with van der Waals surface area (Å²) in [6.07, 6.45) is 1.43. The molecular formula is C13H25N3O. The summed E-state index contributed by atoms with van der Waals surface area (Å²) in [6, 6.07) is 2.16. The molecule has 0 aromatic heterocycles. The van der Waals surface area contributed by atoms with E-state index in [0.29, 0.717) is 13.0 Å². The third-order valence-corrected chi connectivity index (χ3v) is 2.91. The van der Waals surface area contributed by atoms with Crippen LogP contribution in [0.25, 0.3) is 0 Å². The van der Waals surface area contributed by atoms with Crippen molar-refractivity contribution in [1.82, 2.24) is 10.2 Å². The van der Waals surface area contributed by atoms with E-state index in [2.05, 4.69) is 25.2 Å². The topological polar surface area (TPSA) is 56.1 Å². The summed E-state index contributed by atoms with van der Waals surface area (Å²) in [5.41, 5.74) is 0.0687. The summed E-state index contributed by atoms with van der Waals surface area (Å²) in [7, 11) is 0. The fourth-order valence-corrected chi connectivity index (χ4v) is 1.68. The van der Waals surface area contributed by atoms with E-state index in [0.717, 1.165) is 26.1 Å². The second kappa shape index (κ2) is 8.08. The third kappa shape index (κ3) is 6.96. The highest BCUT2D eigenvalue weighted by atomic mass is 16.2. The molecule has 0 aromatic carbocycles. The average molecular weight is 239 g/mol. The van der Waals surface area contributed by atoms with Crippen LogP contribution in [0.1, 0.15) is 40.5 Å². The molecule has 0 bridgehead atoms. The lowest BCUT2D eigenvalue weighted by Crippen LogP contribution is -2.40. The van der Waals surface area contributed by atoms with Crippen molar-refractivity contribution in [3.63, 3.8) is 0 Å². The Morgan fingerprint density at radius 1 is 1.35 bits per heavy atom. The van der Waals surface area contributed by atoms with E-state index in [9.17, 15) is 4.79 Å². The fourth-order valence-electron chi connectivity index (χ4n) is 1.68. The van der Waals surface area contributed by atoms with Gasteiger partial charge in [-0.1, -0.05) is 13.8 Å². The van der Waals surface area contributed by atoms with E-state index in [1.54, 1.807) is 0 Å². The molecule has 0 saturated heterocycles. The number of carbonyl (C=O) groups excluding carboxylic acids is 1. The molecule has 0 rings (SSSR count). The van der Waals surface area contributed by atoms with E-state index in [1.165, 1.54) is 0 Å². The molecule has 0 fully saturated rings. The zero-order valence-corrected chi connectivity index (χ0v) is 11.5. The molecule has 1 N–H and O–H groups in total. The minimum absolute atomic E-state index is 0.0687. The monoisotopic (exact) mass is 239 g/mol. The molecule has 0 radical (unpaired) electrons. The van der Waals surface area contributed by atoms with Crippen molar-refractivity contribution >= 4 is 5.91 Å². The Kier molecular flexibility index (Phi) is 7.56. The summed E-state index contributed by atoms with van der Waals surface area (Å²) in [6.45, 7) is 10.9. The molecule has 0 atom stereocenters. The van der Waals surface area contributed by atoms with Gasteiger partial charge in [0.1, 0.15) is 0 Å². The van der Waals surface area contributed by atoms with Crippen molar-refractivity contribution in [1.29, 1.82) is 5.26 Å². The summed E-state index contributed by atoms with van der Waals surface area (Å²) < 4.78 is 0. The minimum Gasteiger partial charge on any atom is -0.342 e. The summed E-state index contributed by atoms with van der Waals surface area (Å²) in [5.74, 6) is 0.145. The molecule has 98 valence electrons. The Bertz CT molecular complexity index is 264. The zero-order valence-electron chi connectivity index (χ0n) is 11.5. The minimum atomic E-state index is 0.0687. The van der Waals surface area contributed by atoms with E-state index >= 15 is 0 Å². The number of amides is 1. The van der Waals surface area contributed by atoms with Crippen LogP contribution in [0.2, 0.25) is 0 Å². The molecule has 0 aliphatic heterocycles. The predicted molar refractivity (Wildman–Crippen MR) is 69.4 cm³/mol. The van der Waals surface area contributed by atoms with Crippen LogP contribution in [-0.2, 0) is 4.79 Å². The van der Waals surface area contributed by atoms with Gasteiger partial charge in [0.25, 0.3) is 0 Å². The molecule has 4 nitrogen and oxygen atoms in total. The maximum absolute atomic E-state index is 11.7. The molecule has 0 aromatic rings. The number of rotatable bonds is 8. The first-order valence-electron chi connectivity index (χ1n) is 6.32. The van der Waals surface area contributed by atoms with Crippen LogP contribution in [0, 0.1) is 16.7 Å². The van der Waals surface area contributed by atoms with Crippen molar-refractivity contribution in [2.45, 2.75) is 40.5 Å². The van der Waals surface area contributed by atoms with Crippen LogP contribution in [0.15, 0.2) is 0 Å². The second-order valence-electron chi connectivity index (χ2n) is 4.99. The molecular weight excluding hydrogens is 214 g/mol. The molecule has 4 heteroatoms. The van der Waals surface area contributed by atoms with Crippen molar-refractivity contribution in [3.8, 4) is 6.07 Å². The van der Waals surface area contributed by atoms with Crippen molar-refractivity contribution in [2.24, 2.45) is 5.41 Å². The van der Waals surface area contributed by atoms with Gasteiger partial charge in [0, 0.05) is 26.1 Å². The van der Waals surface area contributed by atoms with E-state index in [-0.39, 0.29) is 11.3 Å². The van der Waals surface area contributed by atoms with Gasteiger partial charge in [0.2, 0.25) is 5.91 Å². The Morgan fingerprint density at radius 2 is 1.94 bits per heavy atom. The predicted octanol–water partition coefficient (Wildman–Crippen LogP) is 1.77. The molecule has 0 saturated carbocycles. The lowest BCUT2D eigenvalue weighted by atomic mass is 9.88. The average Bonchev–Trinajstić information content (AvgIpc) is 2.28. The van der Waals surface area contributed by atoms with E-state index in [1.807, 2.05) is 18.7 Å². The second-order valence-corrected chi connectivity index (χ2v) is 4.99. The Hall–Kier alpha value is -1.08. The lowest BCUT2D eigenvalue weighted by molar-refractivity contribution is -0.129. The van der Waals surface area contributed by atoms with Crippen molar-refractivity contribution in [3.05, 3.63) is 0 Å². The van der Waals surface area contributed by atoms with Crippen molar-refractivity contribution < 1.29 is 4.79 Å². The number of nitrogens with zero attached hydrogens (tertiary/aromatic N) is 2. The van der Waals surface area contributed by atoms with Gasteiger partial charge in [-0.25, -0.2) is 0 Å². The van der Waals surface area contributed by atoms with Crippen LogP contribution in [0.3, 0.4) is 0 Å². The van der Waals surface area contributed by atoms with Gasteiger partial charge in [-0.05, 0) is 25.7 Å². The first-order valence-corrected chi connectivity index (χ1v) is 6.32. The van der Waals surface area contributed by atoms with Gasteiger partial charge >= 0.3 is 0 Å². The normalized spacial score (nSPS) is 11.0. The number of hydrogen-bond acceptors (Lipinski definition) is 3. The summed E-state index contributed by atoms with van der Waals surface area (Å²) in [4.78, 5) is 13.5. The van der Waals surface area contributed by atoms with Gasteiger partial charge in [-0.2, -0.15) is 5.26 Å². The first kappa shape index (κ1) is 15.9. The Labute approximate surface area is 105 Å². The van der Waals surface area contributed by atoms with Crippen LogP contribution >= 0.6 is 0 Å². The molecule has 17 heavy (non-hydrogen) atoms. The molecule has 1 amide bonds. The standard InChI is InChI=1S/C13H25N3O/c1-5-16(6-2)12(17)10-15-11-13(3,4)8-7-9-14/h15H,5-8,10-11H2,1-4H3. The molecule has 0 unspecified atom stereocenters. The highest BCUT2D eigenvalue weighted by Gasteiger charge is 2.18. The quantitative estimate of drug-likeness (QED) is 0.702.